The molecule has 16 heteroatoms. The zero-order valence-electron chi connectivity index (χ0n) is 21.2. The summed E-state index contributed by atoms with van der Waals surface area (Å²) in [6.07, 6.45) is 2.29. The van der Waals surface area contributed by atoms with Crippen LogP contribution in [0.15, 0.2) is 30.7 Å². The van der Waals surface area contributed by atoms with Gasteiger partial charge in [-0.1, -0.05) is 0 Å². The number of hydrogen-bond acceptors (Lipinski definition) is 8. The summed E-state index contributed by atoms with van der Waals surface area (Å²) >= 11 is 0. The van der Waals surface area contributed by atoms with E-state index in [0.717, 1.165) is 0 Å². The number of fused-ring (bicyclic) bond motifs is 1. The van der Waals surface area contributed by atoms with E-state index in [1.54, 1.807) is 6.92 Å². The summed E-state index contributed by atoms with van der Waals surface area (Å²) in [5.41, 5.74) is -0.736. The van der Waals surface area contributed by atoms with E-state index in [2.05, 4.69) is 20.1 Å². The van der Waals surface area contributed by atoms with E-state index in [1.807, 2.05) is 0 Å². The van der Waals surface area contributed by atoms with Crippen molar-refractivity contribution in [2.75, 3.05) is 7.11 Å². The van der Waals surface area contributed by atoms with Gasteiger partial charge in [0.15, 0.2) is 11.4 Å². The molecule has 0 unspecified atom stereocenters. The molecule has 1 amide bonds. The van der Waals surface area contributed by atoms with Crippen molar-refractivity contribution < 1.29 is 51.1 Å². The quantitative estimate of drug-likeness (QED) is 0.290. The second-order valence-corrected chi connectivity index (χ2v) is 10.5. The molecule has 1 aliphatic carbocycles. The first-order valence-corrected chi connectivity index (χ1v) is 13.1. The molecule has 1 saturated carbocycles. The molecule has 0 aliphatic heterocycles. The molecule has 0 bridgehead atoms. The van der Waals surface area contributed by atoms with Crippen molar-refractivity contribution >= 4 is 19.4 Å². The molecule has 3 atom stereocenters. The van der Waals surface area contributed by atoms with Crippen LogP contribution in [0.25, 0.3) is 16.8 Å². The number of benzene rings is 1. The van der Waals surface area contributed by atoms with Crippen LogP contribution >= 0.6 is 7.82 Å². The molecule has 4 rings (SSSR count). The Morgan fingerprint density at radius 3 is 2.49 bits per heavy atom. The molecule has 1 fully saturated rings. The Morgan fingerprint density at radius 2 is 1.90 bits per heavy atom. The number of phosphoric acid groups is 1. The standard InChI is InChI=1S/C23H26F3N4O8P/c1-11(23(2,3)38-39(32,33)34)36-13-8-27-20-14(9-28-30(20)10-13)12-5-17(35-4)19(18(6-12)37-22(25)26)21(31)29-16-7-15(16)24/h5-6,8-11,15-16,22H,7H2,1-4H3,(H,29,31)(H2,32,33,34)/t11-,15-,16+/m0/s1. The van der Waals surface area contributed by atoms with Gasteiger partial charge in [0.1, 0.15) is 34.9 Å². The van der Waals surface area contributed by atoms with Gasteiger partial charge in [-0.2, -0.15) is 13.9 Å². The fourth-order valence-electron chi connectivity index (χ4n) is 3.72. The van der Waals surface area contributed by atoms with Gasteiger partial charge >= 0.3 is 14.4 Å². The summed E-state index contributed by atoms with van der Waals surface area (Å²) in [7, 11) is -3.53. The molecule has 2 aromatic heterocycles. The topological polar surface area (TPSA) is 154 Å². The molecular formula is C23H26F3N4O8P. The molecule has 0 radical (unpaired) electrons. The number of carbonyl (C=O) groups excluding carboxylic acids is 1. The first kappa shape index (κ1) is 28.6. The monoisotopic (exact) mass is 574 g/mol. The number of amides is 1. The highest BCUT2D eigenvalue weighted by Gasteiger charge is 2.40. The molecule has 39 heavy (non-hydrogen) atoms. The van der Waals surface area contributed by atoms with Crippen LogP contribution in [0.4, 0.5) is 13.2 Å². The zero-order valence-corrected chi connectivity index (χ0v) is 22.1. The normalized spacial score (nSPS) is 18.2. The van der Waals surface area contributed by atoms with Crippen molar-refractivity contribution in [1.82, 2.24) is 19.9 Å². The largest absolute Gasteiger partial charge is 0.496 e. The number of nitrogens with one attached hydrogen (secondary N) is 1. The molecule has 212 valence electrons. The summed E-state index contributed by atoms with van der Waals surface area (Å²) in [6.45, 7) is 1.20. The Kier molecular flexibility index (Phi) is 7.81. The average Bonchev–Trinajstić information content (AvgIpc) is 3.33. The van der Waals surface area contributed by atoms with Gasteiger partial charge < -0.3 is 29.3 Å². The average molecular weight is 574 g/mol. The number of ether oxygens (including phenoxy) is 3. The van der Waals surface area contributed by atoms with Crippen molar-refractivity contribution in [3.8, 4) is 28.4 Å². The molecule has 0 saturated heterocycles. The van der Waals surface area contributed by atoms with Gasteiger partial charge in [-0.05, 0) is 38.5 Å². The lowest BCUT2D eigenvalue weighted by molar-refractivity contribution is -0.0502. The molecule has 1 aromatic carbocycles. The number of alkyl halides is 3. The van der Waals surface area contributed by atoms with Gasteiger partial charge in [0, 0.05) is 12.0 Å². The Balaban J connectivity index is 1.66. The second-order valence-electron chi connectivity index (χ2n) is 9.32. The van der Waals surface area contributed by atoms with Gasteiger partial charge in [-0.25, -0.2) is 18.5 Å². The highest BCUT2D eigenvalue weighted by atomic mass is 31.2. The number of aromatic nitrogens is 3. The maximum atomic E-state index is 13.3. The van der Waals surface area contributed by atoms with Gasteiger partial charge in [0.2, 0.25) is 0 Å². The van der Waals surface area contributed by atoms with Crippen LogP contribution in [0.1, 0.15) is 37.6 Å². The van der Waals surface area contributed by atoms with Crippen molar-refractivity contribution in [2.24, 2.45) is 0 Å². The van der Waals surface area contributed by atoms with E-state index in [1.165, 1.54) is 56.2 Å². The number of rotatable bonds is 11. The number of methoxy groups -OCH3 is 1. The van der Waals surface area contributed by atoms with Crippen molar-refractivity contribution in [2.45, 2.75) is 57.7 Å². The third kappa shape index (κ3) is 6.61. The first-order valence-electron chi connectivity index (χ1n) is 11.6. The van der Waals surface area contributed by atoms with E-state index in [0.29, 0.717) is 5.56 Å². The van der Waals surface area contributed by atoms with Gasteiger partial charge in [-0.3, -0.25) is 9.32 Å². The molecule has 3 aromatic rings. The predicted molar refractivity (Wildman–Crippen MR) is 130 cm³/mol. The molecule has 2 heterocycles. The van der Waals surface area contributed by atoms with Crippen molar-refractivity contribution in [1.29, 1.82) is 0 Å². The Labute approximate surface area is 220 Å². The summed E-state index contributed by atoms with van der Waals surface area (Å²) in [5, 5.41) is 6.63. The van der Waals surface area contributed by atoms with E-state index in [9.17, 15) is 22.5 Å². The highest BCUT2D eigenvalue weighted by molar-refractivity contribution is 7.46. The van der Waals surface area contributed by atoms with Crippen LogP contribution in [0, 0.1) is 0 Å². The SMILES string of the molecule is COc1cc(-c2cnn3cc(O[C@@H](C)C(C)(C)OP(=O)(O)O)cnc23)cc(OC(F)F)c1C(=O)N[C@@H]1C[C@@H]1F. The minimum absolute atomic E-state index is 0.0860. The van der Waals surface area contributed by atoms with E-state index in [4.69, 9.17) is 23.8 Å². The third-order valence-electron chi connectivity index (χ3n) is 6.05. The lowest BCUT2D eigenvalue weighted by Crippen LogP contribution is -2.40. The molecule has 12 nitrogen and oxygen atoms in total. The Hall–Kier alpha value is -3.39. The molecular weight excluding hydrogens is 548 g/mol. The fraction of sp³-hybridized carbons (Fsp3) is 0.435. The second kappa shape index (κ2) is 10.6. The highest BCUT2D eigenvalue weighted by Crippen LogP contribution is 2.43. The van der Waals surface area contributed by atoms with Crippen LogP contribution in [0.5, 0.6) is 17.2 Å². The number of phosphoric ester groups is 1. The predicted octanol–water partition coefficient (Wildman–Crippen LogP) is 3.50. The first-order chi connectivity index (χ1) is 18.2. The fourth-order valence-corrected chi connectivity index (χ4v) is 4.48. The van der Waals surface area contributed by atoms with Gasteiger partial charge in [-0.15, -0.1) is 0 Å². The third-order valence-corrected chi connectivity index (χ3v) is 6.76. The van der Waals surface area contributed by atoms with E-state index in [-0.39, 0.29) is 34.7 Å². The summed E-state index contributed by atoms with van der Waals surface area (Å²) in [4.78, 5) is 35.3. The van der Waals surface area contributed by atoms with Crippen LogP contribution in [0.3, 0.4) is 0 Å². The summed E-state index contributed by atoms with van der Waals surface area (Å²) < 4.78 is 72.8. The van der Waals surface area contributed by atoms with Gasteiger partial charge in [0.05, 0.1) is 31.7 Å². The number of nitrogens with zero attached hydrogens (tertiary/aromatic N) is 3. The Bertz CT molecular complexity index is 1430. The summed E-state index contributed by atoms with van der Waals surface area (Å²) in [5.74, 6) is -1.19. The molecule has 0 spiro atoms. The minimum atomic E-state index is -4.77. The van der Waals surface area contributed by atoms with E-state index >= 15 is 0 Å². The Morgan fingerprint density at radius 1 is 1.23 bits per heavy atom. The minimum Gasteiger partial charge on any atom is -0.496 e. The number of carbonyl (C=O) groups is 1. The van der Waals surface area contributed by atoms with Crippen LogP contribution in [-0.2, 0) is 9.09 Å². The van der Waals surface area contributed by atoms with Crippen LogP contribution in [-0.4, -0.2) is 67.9 Å². The molecule has 1 aliphatic rings. The van der Waals surface area contributed by atoms with Crippen LogP contribution in [0.2, 0.25) is 0 Å². The lowest BCUT2D eigenvalue weighted by Gasteiger charge is -2.31. The van der Waals surface area contributed by atoms with Gasteiger partial charge in [0.25, 0.3) is 5.91 Å². The van der Waals surface area contributed by atoms with Crippen LogP contribution < -0.4 is 19.5 Å². The lowest BCUT2D eigenvalue weighted by atomic mass is 10.0. The van der Waals surface area contributed by atoms with Crippen molar-refractivity contribution in [3.63, 3.8) is 0 Å². The zero-order chi connectivity index (χ0) is 28.7. The summed E-state index contributed by atoms with van der Waals surface area (Å²) in [6, 6.07) is 1.91. The van der Waals surface area contributed by atoms with Crippen molar-refractivity contribution in [3.05, 3.63) is 36.3 Å². The maximum absolute atomic E-state index is 13.3. The smallest absolute Gasteiger partial charge is 0.470 e. The maximum Gasteiger partial charge on any atom is 0.470 e. The number of halogens is 3. The molecule has 3 N–H and O–H groups in total. The van der Waals surface area contributed by atoms with E-state index < -0.39 is 50.0 Å². The number of hydrogen-bond donors (Lipinski definition) is 3.